The molecular weight excluding hydrogens is 266 g/mol. The second-order valence-corrected chi connectivity index (χ2v) is 5.22. The van der Waals surface area contributed by atoms with E-state index in [0.717, 1.165) is 36.2 Å². The highest BCUT2D eigenvalue weighted by atomic mass is 35.5. The highest BCUT2D eigenvalue weighted by molar-refractivity contribution is 7.98. The van der Waals surface area contributed by atoms with Gasteiger partial charge in [-0.25, -0.2) is 0 Å². The standard InChI is InChI=1S/C13H20ClN3S/c1-15-13(17-9-10-18-2)16-8-7-11-3-5-12(14)6-4-11/h3-6H,7-10H2,1-2H3,(H2,15,16,17). The zero-order chi connectivity index (χ0) is 13.2. The summed E-state index contributed by atoms with van der Waals surface area (Å²) >= 11 is 7.66. The molecule has 0 aliphatic rings. The molecule has 1 rings (SSSR count). The smallest absolute Gasteiger partial charge is 0.191 e. The minimum atomic E-state index is 0.779. The Labute approximate surface area is 118 Å². The summed E-state index contributed by atoms with van der Waals surface area (Å²) in [5.41, 5.74) is 1.27. The molecule has 100 valence electrons. The van der Waals surface area contributed by atoms with Crippen LogP contribution < -0.4 is 10.6 Å². The maximum atomic E-state index is 5.84. The van der Waals surface area contributed by atoms with E-state index >= 15 is 0 Å². The molecule has 0 fully saturated rings. The Morgan fingerprint density at radius 1 is 1.22 bits per heavy atom. The van der Waals surface area contributed by atoms with Gasteiger partial charge in [0.05, 0.1) is 0 Å². The van der Waals surface area contributed by atoms with Gasteiger partial charge in [-0.1, -0.05) is 23.7 Å². The molecule has 0 aromatic heterocycles. The van der Waals surface area contributed by atoms with Crippen LogP contribution >= 0.6 is 23.4 Å². The van der Waals surface area contributed by atoms with Gasteiger partial charge in [0.15, 0.2) is 5.96 Å². The lowest BCUT2D eigenvalue weighted by Crippen LogP contribution is -2.39. The maximum Gasteiger partial charge on any atom is 0.191 e. The first-order chi connectivity index (χ1) is 8.76. The van der Waals surface area contributed by atoms with E-state index in [2.05, 4.69) is 21.9 Å². The molecule has 0 atom stereocenters. The first-order valence-corrected chi connectivity index (χ1v) is 7.71. The maximum absolute atomic E-state index is 5.84. The number of hydrogen-bond donors (Lipinski definition) is 2. The van der Waals surface area contributed by atoms with Gasteiger partial charge in [0.2, 0.25) is 0 Å². The van der Waals surface area contributed by atoms with Crippen molar-refractivity contribution in [1.29, 1.82) is 0 Å². The number of hydrogen-bond acceptors (Lipinski definition) is 2. The van der Waals surface area contributed by atoms with Crippen molar-refractivity contribution in [3.05, 3.63) is 34.9 Å². The van der Waals surface area contributed by atoms with E-state index in [9.17, 15) is 0 Å². The number of nitrogens with one attached hydrogen (secondary N) is 2. The third kappa shape index (κ3) is 6.17. The number of rotatable bonds is 6. The largest absolute Gasteiger partial charge is 0.356 e. The molecule has 5 heteroatoms. The van der Waals surface area contributed by atoms with Gasteiger partial charge in [-0.05, 0) is 30.4 Å². The van der Waals surface area contributed by atoms with Crippen molar-refractivity contribution in [2.24, 2.45) is 4.99 Å². The summed E-state index contributed by atoms with van der Waals surface area (Å²) in [5, 5.41) is 7.33. The third-order valence-corrected chi connectivity index (χ3v) is 3.31. The fourth-order valence-corrected chi connectivity index (χ4v) is 1.90. The molecule has 0 amide bonds. The molecule has 1 aromatic rings. The van der Waals surface area contributed by atoms with E-state index in [0.29, 0.717) is 0 Å². The molecule has 0 bridgehead atoms. The van der Waals surface area contributed by atoms with Gasteiger partial charge in [-0.15, -0.1) is 0 Å². The highest BCUT2D eigenvalue weighted by Crippen LogP contribution is 2.09. The number of thioether (sulfide) groups is 1. The third-order valence-electron chi connectivity index (χ3n) is 2.44. The molecule has 0 unspecified atom stereocenters. The Kier molecular flexibility index (Phi) is 7.69. The van der Waals surface area contributed by atoms with E-state index in [1.54, 1.807) is 7.05 Å². The van der Waals surface area contributed by atoms with Crippen LogP contribution in [-0.4, -0.2) is 38.1 Å². The van der Waals surface area contributed by atoms with Crippen LogP contribution in [0.4, 0.5) is 0 Å². The number of halogens is 1. The Hall–Kier alpha value is -0.870. The van der Waals surface area contributed by atoms with Crippen molar-refractivity contribution >= 4 is 29.3 Å². The van der Waals surface area contributed by atoms with Crippen LogP contribution in [0.5, 0.6) is 0 Å². The van der Waals surface area contributed by atoms with E-state index in [-0.39, 0.29) is 0 Å². The SMILES string of the molecule is CN=C(NCCSC)NCCc1ccc(Cl)cc1. The van der Waals surface area contributed by atoms with Gasteiger partial charge in [0.1, 0.15) is 0 Å². The molecule has 18 heavy (non-hydrogen) atoms. The predicted octanol–water partition coefficient (Wildman–Crippen LogP) is 2.41. The van der Waals surface area contributed by atoms with Crippen molar-refractivity contribution in [1.82, 2.24) is 10.6 Å². The van der Waals surface area contributed by atoms with Crippen molar-refractivity contribution in [3.8, 4) is 0 Å². The number of nitrogens with zero attached hydrogens (tertiary/aromatic N) is 1. The second-order valence-electron chi connectivity index (χ2n) is 3.80. The fourth-order valence-electron chi connectivity index (χ4n) is 1.47. The lowest BCUT2D eigenvalue weighted by Gasteiger charge is -2.11. The molecular formula is C13H20ClN3S. The van der Waals surface area contributed by atoms with Crippen LogP contribution in [0, 0.1) is 0 Å². The van der Waals surface area contributed by atoms with E-state index in [1.807, 2.05) is 36.0 Å². The van der Waals surface area contributed by atoms with Gasteiger partial charge in [0.25, 0.3) is 0 Å². The van der Waals surface area contributed by atoms with Gasteiger partial charge < -0.3 is 10.6 Å². The Bertz CT molecular complexity index is 365. The van der Waals surface area contributed by atoms with E-state index < -0.39 is 0 Å². The summed E-state index contributed by atoms with van der Waals surface area (Å²) in [4.78, 5) is 4.17. The Morgan fingerprint density at radius 3 is 2.50 bits per heavy atom. The average molecular weight is 286 g/mol. The van der Waals surface area contributed by atoms with Crippen LogP contribution in [0.2, 0.25) is 5.02 Å². The Morgan fingerprint density at radius 2 is 1.89 bits per heavy atom. The molecule has 0 radical (unpaired) electrons. The number of guanidine groups is 1. The van der Waals surface area contributed by atoms with Crippen LogP contribution in [0.1, 0.15) is 5.56 Å². The molecule has 3 nitrogen and oxygen atoms in total. The van der Waals surface area contributed by atoms with Gasteiger partial charge in [-0.3, -0.25) is 4.99 Å². The fraction of sp³-hybridized carbons (Fsp3) is 0.462. The molecule has 0 aliphatic carbocycles. The van der Waals surface area contributed by atoms with Crippen molar-refractivity contribution in [2.75, 3.05) is 32.1 Å². The lowest BCUT2D eigenvalue weighted by molar-refractivity contribution is 0.812. The lowest BCUT2D eigenvalue weighted by atomic mass is 10.1. The molecule has 2 N–H and O–H groups in total. The monoisotopic (exact) mass is 285 g/mol. The topological polar surface area (TPSA) is 36.4 Å². The summed E-state index contributed by atoms with van der Waals surface area (Å²) in [6.45, 7) is 1.79. The normalized spacial score (nSPS) is 11.4. The first-order valence-electron chi connectivity index (χ1n) is 5.94. The zero-order valence-electron chi connectivity index (χ0n) is 10.9. The van der Waals surface area contributed by atoms with Crippen molar-refractivity contribution in [3.63, 3.8) is 0 Å². The second kappa shape index (κ2) is 9.11. The average Bonchev–Trinajstić information content (AvgIpc) is 2.39. The summed E-state index contributed by atoms with van der Waals surface area (Å²) in [6.07, 6.45) is 3.05. The molecule has 0 aliphatic heterocycles. The quantitative estimate of drug-likeness (QED) is 0.479. The Balaban J connectivity index is 2.25. The van der Waals surface area contributed by atoms with Crippen LogP contribution in [0.3, 0.4) is 0 Å². The minimum absolute atomic E-state index is 0.779. The van der Waals surface area contributed by atoms with E-state index in [4.69, 9.17) is 11.6 Å². The van der Waals surface area contributed by atoms with Gasteiger partial charge in [0, 0.05) is 30.9 Å². The van der Waals surface area contributed by atoms with Crippen molar-refractivity contribution in [2.45, 2.75) is 6.42 Å². The van der Waals surface area contributed by atoms with Gasteiger partial charge in [-0.2, -0.15) is 11.8 Å². The molecule has 0 saturated heterocycles. The number of aliphatic imine (C=N–C) groups is 1. The molecule has 0 spiro atoms. The summed E-state index contributed by atoms with van der Waals surface area (Å²) in [6, 6.07) is 7.94. The van der Waals surface area contributed by atoms with Crippen LogP contribution in [0.15, 0.2) is 29.3 Å². The molecule has 1 aromatic carbocycles. The molecule has 0 heterocycles. The van der Waals surface area contributed by atoms with E-state index in [1.165, 1.54) is 5.56 Å². The summed E-state index contributed by atoms with van der Waals surface area (Å²) < 4.78 is 0. The van der Waals surface area contributed by atoms with Gasteiger partial charge >= 0.3 is 0 Å². The molecule has 0 saturated carbocycles. The summed E-state index contributed by atoms with van der Waals surface area (Å²) in [5.74, 6) is 1.94. The predicted molar refractivity (Wildman–Crippen MR) is 82.9 cm³/mol. The van der Waals surface area contributed by atoms with Crippen molar-refractivity contribution < 1.29 is 0 Å². The number of benzene rings is 1. The van der Waals surface area contributed by atoms with Crippen LogP contribution in [-0.2, 0) is 6.42 Å². The minimum Gasteiger partial charge on any atom is -0.356 e. The first kappa shape index (κ1) is 15.2. The van der Waals surface area contributed by atoms with Crippen LogP contribution in [0.25, 0.3) is 0 Å². The summed E-state index contributed by atoms with van der Waals surface area (Å²) in [7, 11) is 1.79. The zero-order valence-corrected chi connectivity index (χ0v) is 12.4. The highest BCUT2D eigenvalue weighted by Gasteiger charge is 1.97.